The van der Waals surface area contributed by atoms with Gasteiger partial charge in [-0.15, -0.1) is 0 Å². The lowest BCUT2D eigenvalue weighted by atomic mass is 9.95. The number of carbonyl (C=O) groups excluding carboxylic acids is 2. The van der Waals surface area contributed by atoms with Crippen molar-refractivity contribution in [1.82, 2.24) is 4.57 Å². The molecule has 1 aliphatic heterocycles. The summed E-state index contributed by atoms with van der Waals surface area (Å²) in [6, 6.07) is 17.6. The van der Waals surface area contributed by atoms with Crippen LogP contribution in [0.1, 0.15) is 43.5 Å². The first kappa shape index (κ1) is 33.1. The number of benzene rings is 3. The van der Waals surface area contributed by atoms with Gasteiger partial charge in [0.2, 0.25) is 0 Å². The van der Waals surface area contributed by atoms with E-state index in [2.05, 4.69) is 9.73 Å². The topological polar surface area (TPSA) is 115 Å². The summed E-state index contributed by atoms with van der Waals surface area (Å²) >= 11 is 1.18. The van der Waals surface area contributed by atoms with Gasteiger partial charge < -0.3 is 23.7 Å². The van der Waals surface area contributed by atoms with Crippen molar-refractivity contribution in [3.63, 3.8) is 0 Å². The van der Waals surface area contributed by atoms with Crippen molar-refractivity contribution >= 4 is 29.4 Å². The van der Waals surface area contributed by atoms with Gasteiger partial charge in [-0.1, -0.05) is 47.7 Å². The highest BCUT2D eigenvalue weighted by Crippen LogP contribution is 2.36. The van der Waals surface area contributed by atoms with Crippen LogP contribution in [0.15, 0.2) is 87.8 Å². The monoisotopic (exact) mass is 660 g/mol. The van der Waals surface area contributed by atoms with E-state index in [4.69, 9.17) is 18.9 Å². The molecular formula is C35H33FN2O8S. The molecule has 1 aliphatic rings. The Morgan fingerprint density at radius 1 is 0.979 bits per heavy atom. The molecule has 0 unspecified atom stereocenters. The van der Waals surface area contributed by atoms with Crippen molar-refractivity contribution in [2.75, 3.05) is 26.9 Å². The van der Waals surface area contributed by atoms with Crippen LogP contribution in [0.2, 0.25) is 0 Å². The van der Waals surface area contributed by atoms with E-state index in [0.29, 0.717) is 55.6 Å². The predicted molar refractivity (Wildman–Crippen MR) is 173 cm³/mol. The van der Waals surface area contributed by atoms with Gasteiger partial charge in [-0.25, -0.2) is 19.0 Å². The van der Waals surface area contributed by atoms with E-state index in [-0.39, 0.29) is 36.8 Å². The Kier molecular flexibility index (Phi) is 10.5. The number of esters is 2. The summed E-state index contributed by atoms with van der Waals surface area (Å²) < 4.78 is 43.3. The fourth-order valence-electron chi connectivity index (χ4n) is 5.01. The number of carbonyl (C=O) groups is 2. The smallest absolute Gasteiger partial charge is 0.343 e. The second kappa shape index (κ2) is 14.9. The molecule has 0 aliphatic carbocycles. The third kappa shape index (κ3) is 7.44. The molecule has 10 nitrogen and oxygen atoms in total. The number of methoxy groups -OCH3 is 1. The Bertz CT molecular complexity index is 2020. The Labute approximate surface area is 274 Å². The number of halogens is 1. The molecule has 0 amide bonds. The molecule has 0 spiro atoms. The SMILES string of the molecule is CCOC(=O)C1=C(C)N=c2s/c(=C/c3cccc(OCc4ccccc4F)c3)c(=O)n2[C@H]1c1ccc(OCC(=O)OC)c(OCC)c1. The highest BCUT2D eigenvalue weighted by molar-refractivity contribution is 7.07. The second-order valence-electron chi connectivity index (χ2n) is 10.3. The quantitative estimate of drug-likeness (QED) is 0.205. The Hall–Kier alpha value is -5.23. The van der Waals surface area contributed by atoms with Gasteiger partial charge in [0, 0.05) is 5.56 Å². The molecule has 0 saturated carbocycles. The van der Waals surface area contributed by atoms with Crippen LogP contribution in [-0.4, -0.2) is 43.4 Å². The van der Waals surface area contributed by atoms with E-state index in [0.717, 1.165) is 0 Å². The number of allylic oxidation sites excluding steroid dienone is 1. The molecule has 5 rings (SSSR count). The molecule has 0 bridgehead atoms. The predicted octanol–water partition coefficient (Wildman–Crippen LogP) is 4.47. The number of aromatic nitrogens is 1. The zero-order valence-electron chi connectivity index (χ0n) is 26.3. The minimum absolute atomic E-state index is 0.0461. The number of ether oxygens (including phenoxy) is 5. The first-order valence-corrected chi connectivity index (χ1v) is 15.7. The average Bonchev–Trinajstić information content (AvgIpc) is 3.36. The normalized spacial score (nSPS) is 14.2. The van der Waals surface area contributed by atoms with Gasteiger partial charge in [0.15, 0.2) is 22.9 Å². The fourth-order valence-corrected chi connectivity index (χ4v) is 6.05. The summed E-state index contributed by atoms with van der Waals surface area (Å²) in [5.41, 5.74) is 1.91. The highest BCUT2D eigenvalue weighted by atomic mass is 32.1. The van der Waals surface area contributed by atoms with E-state index in [1.807, 2.05) is 6.07 Å². The van der Waals surface area contributed by atoms with Gasteiger partial charge in [-0.3, -0.25) is 9.36 Å². The van der Waals surface area contributed by atoms with Gasteiger partial charge in [-0.2, -0.15) is 0 Å². The summed E-state index contributed by atoms with van der Waals surface area (Å²) in [5, 5.41) is 0. The molecule has 0 fully saturated rings. The molecule has 1 aromatic heterocycles. The molecule has 0 saturated heterocycles. The average molecular weight is 661 g/mol. The molecule has 3 aromatic carbocycles. The zero-order chi connectivity index (χ0) is 33.5. The van der Waals surface area contributed by atoms with Crippen LogP contribution in [0.5, 0.6) is 17.2 Å². The van der Waals surface area contributed by atoms with E-state index in [9.17, 15) is 18.8 Å². The van der Waals surface area contributed by atoms with E-state index in [1.165, 1.54) is 29.1 Å². The summed E-state index contributed by atoms with van der Waals surface area (Å²) in [7, 11) is 1.26. The third-order valence-electron chi connectivity index (χ3n) is 7.18. The Balaban J connectivity index is 1.56. The minimum atomic E-state index is -0.892. The lowest BCUT2D eigenvalue weighted by Gasteiger charge is -2.25. The van der Waals surface area contributed by atoms with Crippen molar-refractivity contribution in [3.05, 3.63) is 120 Å². The van der Waals surface area contributed by atoms with Crippen molar-refractivity contribution in [3.8, 4) is 17.2 Å². The number of fused-ring (bicyclic) bond motifs is 1. The summed E-state index contributed by atoms with van der Waals surface area (Å²) in [5.74, 6) is -0.393. The molecule has 4 aromatic rings. The molecule has 1 atom stereocenters. The zero-order valence-corrected chi connectivity index (χ0v) is 27.1. The van der Waals surface area contributed by atoms with Gasteiger partial charge in [0.25, 0.3) is 5.56 Å². The summed E-state index contributed by atoms with van der Waals surface area (Å²) in [6.07, 6.45) is 1.72. The number of rotatable bonds is 12. The van der Waals surface area contributed by atoms with Crippen molar-refractivity contribution in [2.24, 2.45) is 4.99 Å². The minimum Gasteiger partial charge on any atom is -0.490 e. The second-order valence-corrected chi connectivity index (χ2v) is 11.3. The van der Waals surface area contributed by atoms with E-state index >= 15 is 0 Å². The van der Waals surface area contributed by atoms with Crippen LogP contribution >= 0.6 is 11.3 Å². The number of hydrogen-bond acceptors (Lipinski definition) is 10. The van der Waals surface area contributed by atoms with E-state index in [1.54, 1.807) is 81.4 Å². The first-order valence-electron chi connectivity index (χ1n) is 14.9. The van der Waals surface area contributed by atoms with Crippen LogP contribution in [-0.2, 0) is 25.7 Å². The van der Waals surface area contributed by atoms with Crippen molar-refractivity contribution in [1.29, 1.82) is 0 Å². The standard InChI is InChI=1S/C35H33FN2O8S/c1-5-43-28-18-23(14-15-27(28)46-20-30(39)42-4)32-31(34(41)44-6-2)21(3)37-35-38(32)33(40)29(47-35)17-22-10-9-12-25(16-22)45-19-24-11-7-8-13-26(24)36/h7-18,32H,5-6,19-20H2,1-4H3/b29-17+/t32-/m0/s1. The van der Waals surface area contributed by atoms with Gasteiger partial charge in [-0.05, 0) is 68.3 Å². The molecule has 47 heavy (non-hydrogen) atoms. The lowest BCUT2D eigenvalue weighted by molar-refractivity contribution is -0.143. The maximum Gasteiger partial charge on any atom is 0.343 e. The Morgan fingerprint density at radius 3 is 2.53 bits per heavy atom. The largest absolute Gasteiger partial charge is 0.490 e. The van der Waals surface area contributed by atoms with Crippen LogP contribution in [0.25, 0.3) is 6.08 Å². The molecule has 0 radical (unpaired) electrons. The van der Waals surface area contributed by atoms with E-state index < -0.39 is 18.0 Å². The molecule has 12 heteroatoms. The summed E-state index contributed by atoms with van der Waals surface area (Å²) in [4.78, 5) is 44.1. The van der Waals surface area contributed by atoms with Gasteiger partial charge in [0.05, 0.1) is 42.2 Å². The molecular weight excluding hydrogens is 627 g/mol. The molecule has 244 valence electrons. The van der Waals surface area contributed by atoms with Crippen LogP contribution in [0.4, 0.5) is 4.39 Å². The van der Waals surface area contributed by atoms with Crippen LogP contribution in [0.3, 0.4) is 0 Å². The van der Waals surface area contributed by atoms with Crippen LogP contribution in [0, 0.1) is 5.82 Å². The van der Waals surface area contributed by atoms with Crippen molar-refractivity contribution in [2.45, 2.75) is 33.4 Å². The third-order valence-corrected chi connectivity index (χ3v) is 8.16. The van der Waals surface area contributed by atoms with Crippen LogP contribution < -0.4 is 29.1 Å². The first-order chi connectivity index (χ1) is 22.7. The number of nitrogens with zero attached hydrogens (tertiary/aromatic N) is 2. The van der Waals surface area contributed by atoms with Gasteiger partial charge in [0.1, 0.15) is 18.2 Å². The number of hydrogen-bond donors (Lipinski definition) is 0. The van der Waals surface area contributed by atoms with Crippen molar-refractivity contribution < 1.29 is 37.7 Å². The maximum absolute atomic E-state index is 14.1. The molecule has 2 heterocycles. The van der Waals surface area contributed by atoms with Gasteiger partial charge >= 0.3 is 11.9 Å². The number of thiazole rings is 1. The lowest BCUT2D eigenvalue weighted by Crippen LogP contribution is -2.40. The fraction of sp³-hybridized carbons (Fsp3) is 0.257. The summed E-state index contributed by atoms with van der Waals surface area (Å²) in [6.45, 7) is 5.35. The molecule has 0 N–H and O–H groups in total. The maximum atomic E-state index is 14.1. The Morgan fingerprint density at radius 2 is 1.79 bits per heavy atom. The highest BCUT2D eigenvalue weighted by Gasteiger charge is 2.34.